The van der Waals surface area contributed by atoms with Gasteiger partial charge in [-0.3, -0.25) is 4.79 Å². The maximum absolute atomic E-state index is 11.9. The Bertz CT molecular complexity index is 408. The minimum absolute atomic E-state index is 0.215. The number of aliphatic hydroxyl groups is 1. The molecule has 0 aliphatic heterocycles. The minimum atomic E-state index is -0.748. The second-order valence-corrected chi connectivity index (χ2v) is 5.65. The summed E-state index contributed by atoms with van der Waals surface area (Å²) in [6.45, 7) is 0.309. The number of amides is 1. The van der Waals surface area contributed by atoms with E-state index >= 15 is 0 Å². The van der Waals surface area contributed by atoms with Gasteiger partial charge < -0.3 is 14.8 Å². The van der Waals surface area contributed by atoms with Crippen LogP contribution in [0.25, 0.3) is 0 Å². The molecule has 0 bridgehead atoms. The van der Waals surface area contributed by atoms with Crippen molar-refractivity contribution in [3.8, 4) is 0 Å². The third-order valence-corrected chi connectivity index (χ3v) is 4.09. The summed E-state index contributed by atoms with van der Waals surface area (Å²) in [5.74, 6) is -0.215. The van der Waals surface area contributed by atoms with Crippen LogP contribution in [-0.2, 0) is 0 Å². The van der Waals surface area contributed by atoms with E-state index in [1.54, 1.807) is 6.07 Å². The van der Waals surface area contributed by atoms with Crippen LogP contribution in [0.15, 0.2) is 21.4 Å². The van der Waals surface area contributed by atoms with Crippen LogP contribution in [0.3, 0.4) is 0 Å². The van der Waals surface area contributed by atoms with Gasteiger partial charge in [0, 0.05) is 6.54 Å². The van der Waals surface area contributed by atoms with Gasteiger partial charge in [0.25, 0.3) is 5.91 Å². The van der Waals surface area contributed by atoms with Gasteiger partial charge in [-0.25, -0.2) is 0 Å². The van der Waals surface area contributed by atoms with Crippen molar-refractivity contribution in [1.82, 2.24) is 5.32 Å². The van der Waals surface area contributed by atoms with E-state index in [0.29, 0.717) is 16.8 Å². The number of furan rings is 1. The number of halogens is 1. The normalized spacial score (nSPS) is 19.2. The van der Waals surface area contributed by atoms with Crippen LogP contribution in [0.4, 0.5) is 0 Å². The van der Waals surface area contributed by atoms with Crippen molar-refractivity contribution in [3.05, 3.63) is 22.6 Å². The SMILES string of the molecule is O=C(NCC1(O)CCCCCC1)c1ccoc1Br. The molecule has 100 valence electrons. The highest BCUT2D eigenvalue weighted by atomic mass is 79.9. The van der Waals surface area contributed by atoms with E-state index in [4.69, 9.17) is 4.42 Å². The Labute approximate surface area is 115 Å². The van der Waals surface area contributed by atoms with Gasteiger partial charge in [0.1, 0.15) is 0 Å². The highest BCUT2D eigenvalue weighted by Gasteiger charge is 2.28. The zero-order chi connectivity index (χ0) is 13.0. The van der Waals surface area contributed by atoms with E-state index in [1.807, 2.05) is 0 Å². The number of hydrogen-bond donors (Lipinski definition) is 2. The van der Waals surface area contributed by atoms with Crippen LogP contribution in [0.5, 0.6) is 0 Å². The second-order valence-electron chi connectivity index (χ2n) is 4.93. The summed E-state index contributed by atoms with van der Waals surface area (Å²) in [5.41, 5.74) is -0.283. The van der Waals surface area contributed by atoms with Gasteiger partial charge in [0.15, 0.2) is 4.67 Å². The van der Waals surface area contributed by atoms with Gasteiger partial charge in [0.2, 0.25) is 0 Å². The molecule has 0 atom stereocenters. The van der Waals surface area contributed by atoms with Crippen molar-refractivity contribution >= 4 is 21.8 Å². The topological polar surface area (TPSA) is 62.5 Å². The van der Waals surface area contributed by atoms with Gasteiger partial charge in [-0.2, -0.15) is 0 Å². The third-order valence-electron chi connectivity index (χ3n) is 3.47. The average Bonchev–Trinajstić information content (AvgIpc) is 2.65. The molecule has 0 saturated heterocycles. The lowest BCUT2D eigenvalue weighted by Crippen LogP contribution is -2.42. The fraction of sp³-hybridized carbons (Fsp3) is 0.615. The van der Waals surface area contributed by atoms with E-state index in [0.717, 1.165) is 25.7 Å². The Morgan fingerprint density at radius 3 is 2.61 bits per heavy atom. The highest BCUT2D eigenvalue weighted by Crippen LogP contribution is 2.26. The maximum Gasteiger partial charge on any atom is 0.255 e. The van der Waals surface area contributed by atoms with E-state index in [-0.39, 0.29) is 5.91 Å². The Morgan fingerprint density at radius 1 is 1.39 bits per heavy atom. The van der Waals surface area contributed by atoms with Crippen LogP contribution in [0.1, 0.15) is 48.9 Å². The van der Waals surface area contributed by atoms with E-state index in [9.17, 15) is 9.90 Å². The van der Waals surface area contributed by atoms with Crippen LogP contribution in [-0.4, -0.2) is 23.2 Å². The molecule has 1 fully saturated rings. The minimum Gasteiger partial charge on any atom is -0.457 e. The van der Waals surface area contributed by atoms with Gasteiger partial charge in [-0.05, 0) is 34.8 Å². The average molecular weight is 316 g/mol. The highest BCUT2D eigenvalue weighted by molar-refractivity contribution is 9.10. The Balaban J connectivity index is 1.90. The molecule has 4 nitrogen and oxygen atoms in total. The molecule has 1 aliphatic rings. The summed E-state index contributed by atoms with van der Waals surface area (Å²) in [7, 11) is 0. The standard InChI is InChI=1S/C13H18BrNO3/c14-11-10(5-8-18-11)12(16)15-9-13(17)6-3-1-2-4-7-13/h5,8,17H,1-4,6-7,9H2,(H,15,16). The first-order chi connectivity index (χ1) is 8.61. The van der Waals surface area contributed by atoms with Gasteiger partial charge >= 0.3 is 0 Å². The first-order valence-electron chi connectivity index (χ1n) is 6.34. The first-order valence-corrected chi connectivity index (χ1v) is 7.14. The van der Waals surface area contributed by atoms with Crippen molar-refractivity contribution < 1.29 is 14.3 Å². The maximum atomic E-state index is 11.9. The summed E-state index contributed by atoms with van der Waals surface area (Å²) in [5, 5.41) is 13.2. The Morgan fingerprint density at radius 2 is 2.06 bits per heavy atom. The zero-order valence-corrected chi connectivity index (χ0v) is 11.8. The van der Waals surface area contributed by atoms with Crippen molar-refractivity contribution in [2.24, 2.45) is 0 Å². The molecule has 5 heteroatoms. The lowest BCUT2D eigenvalue weighted by atomic mass is 9.94. The predicted molar refractivity (Wildman–Crippen MR) is 71.4 cm³/mol. The van der Waals surface area contributed by atoms with Gasteiger partial charge in [-0.1, -0.05) is 25.7 Å². The molecule has 1 heterocycles. The summed E-state index contributed by atoms with van der Waals surface area (Å²) in [6, 6.07) is 1.61. The summed E-state index contributed by atoms with van der Waals surface area (Å²) < 4.78 is 5.44. The second kappa shape index (κ2) is 5.89. The molecule has 1 saturated carbocycles. The predicted octanol–water partition coefficient (Wildman–Crippen LogP) is 2.86. The summed E-state index contributed by atoms with van der Waals surface area (Å²) >= 11 is 3.17. The van der Waals surface area contributed by atoms with Crippen molar-refractivity contribution in [3.63, 3.8) is 0 Å². The lowest BCUT2D eigenvalue weighted by Gasteiger charge is -2.26. The molecular formula is C13H18BrNO3. The molecule has 0 radical (unpaired) electrons. The van der Waals surface area contributed by atoms with Gasteiger partial charge in [0.05, 0.1) is 17.4 Å². The molecule has 0 spiro atoms. The van der Waals surface area contributed by atoms with Crippen molar-refractivity contribution in [2.45, 2.75) is 44.1 Å². The fourth-order valence-corrected chi connectivity index (χ4v) is 2.78. The van der Waals surface area contributed by atoms with Crippen LogP contribution < -0.4 is 5.32 Å². The van der Waals surface area contributed by atoms with Crippen molar-refractivity contribution in [1.29, 1.82) is 0 Å². The van der Waals surface area contributed by atoms with Crippen LogP contribution >= 0.6 is 15.9 Å². The third kappa shape index (κ3) is 3.36. The fourth-order valence-electron chi connectivity index (χ4n) is 2.36. The molecule has 2 N–H and O–H groups in total. The molecule has 1 amide bonds. The first kappa shape index (κ1) is 13.6. The zero-order valence-electron chi connectivity index (χ0n) is 10.2. The summed E-state index contributed by atoms with van der Waals surface area (Å²) in [6.07, 6.45) is 7.38. The molecular weight excluding hydrogens is 298 g/mol. The van der Waals surface area contributed by atoms with Crippen LogP contribution in [0.2, 0.25) is 0 Å². The monoisotopic (exact) mass is 315 g/mol. The molecule has 18 heavy (non-hydrogen) atoms. The Hall–Kier alpha value is -0.810. The largest absolute Gasteiger partial charge is 0.457 e. The summed E-state index contributed by atoms with van der Waals surface area (Å²) in [4.78, 5) is 11.9. The lowest BCUT2D eigenvalue weighted by molar-refractivity contribution is 0.0246. The quantitative estimate of drug-likeness (QED) is 0.843. The number of hydrogen-bond acceptors (Lipinski definition) is 3. The Kier molecular flexibility index (Phi) is 4.45. The van der Waals surface area contributed by atoms with E-state index < -0.39 is 5.60 Å². The van der Waals surface area contributed by atoms with E-state index in [1.165, 1.54) is 19.1 Å². The van der Waals surface area contributed by atoms with Crippen molar-refractivity contribution in [2.75, 3.05) is 6.54 Å². The number of carbonyl (C=O) groups excluding carboxylic acids is 1. The molecule has 1 aromatic heterocycles. The molecule has 1 aliphatic carbocycles. The van der Waals surface area contributed by atoms with E-state index in [2.05, 4.69) is 21.2 Å². The van der Waals surface area contributed by atoms with Crippen LogP contribution in [0, 0.1) is 0 Å². The molecule has 1 aromatic rings. The molecule has 0 aromatic carbocycles. The smallest absolute Gasteiger partial charge is 0.255 e. The number of rotatable bonds is 3. The number of carbonyl (C=O) groups is 1. The van der Waals surface area contributed by atoms with Gasteiger partial charge in [-0.15, -0.1) is 0 Å². The molecule has 2 rings (SSSR count). The number of nitrogens with one attached hydrogen (secondary N) is 1. The molecule has 0 unspecified atom stereocenters.